The standard InChI is InChI=1S/C20H19F5N2O5/c1-19(21,22)15-9-30-7-12(32-15)8-31-11-4-2-10(3-5-11)13-6-14(17(26)28)18(29)27-16(13)20(23,24)25/h2-6,12,15H,7-9H2,1H3,(H2,26,28)(H,27,29). The minimum absolute atomic E-state index is 0.0337. The summed E-state index contributed by atoms with van der Waals surface area (Å²) in [7, 11) is 0. The lowest BCUT2D eigenvalue weighted by molar-refractivity contribution is -0.220. The molecule has 12 heteroatoms. The molecule has 32 heavy (non-hydrogen) atoms. The number of H-pyrrole nitrogens is 1. The summed E-state index contributed by atoms with van der Waals surface area (Å²) < 4.78 is 82.8. The van der Waals surface area contributed by atoms with E-state index in [9.17, 15) is 31.5 Å². The molecule has 1 aliphatic heterocycles. The Morgan fingerprint density at radius 2 is 1.84 bits per heavy atom. The maximum absolute atomic E-state index is 13.4. The highest BCUT2D eigenvalue weighted by molar-refractivity contribution is 5.94. The van der Waals surface area contributed by atoms with Crippen LogP contribution >= 0.6 is 0 Å². The van der Waals surface area contributed by atoms with Crippen molar-refractivity contribution < 1.29 is 41.0 Å². The molecule has 2 unspecified atom stereocenters. The Balaban J connectivity index is 1.78. The summed E-state index contributed by atoms with van der Waals surface area (Å²) in [4.78, 5) is 24.8. The lowest BCUT2D eigenvalue weighted by atomic mass is 10.0. The first-order valence-electron chi connectivity index (χ1n) is 9.35. The van der Waals surface area contributed by atoms with Crippen molar-refractivity contribution in [3.8, 4) is 16.9 Å². The number of primary amides is 1. The summed E-state index contributed by atoms with van der Waals surface area (Å²) in [6, 6.07) is 6.03. The van der Waals surface area contributed by atoms with Crippen molar-refractivity contribution in [3.05, 3.63) is 51.9 Å². The molecule has 7 nitrogen and oxygen atoms in total. The maximum Gasteiger partial charge on any atom is 0.431 e. The van der Waals surface area contributed by atoms with Crippen molar-refractivity contribution in [1.29, 1.82) is 0 Å². The second-order valence-electron chi connectivity index (χ2n) is 7.24. The zero-order valence-electron chi connectivity index (χ0n) is 16.7. The molecule has 1 amide bonds. The van der Waals surface area contributed by atoms with Crippen molar-refractivity contribution in [2.45, 2.75) is 31.2 Å². The molecule has 0 radical (unpaired) electrons. The number of carbonyl (C=O) groups excluding carboxylic acids is 1. The Kier molecular flexibility index (Phi) is 6.56. The Hall–Kier alpha value is -2.99. The highest BCUT2D eigenvalue weighted by atomic mass is 19.4. The molecule has 1 fully saturated rings. The predicted molar refractivity (Wildman–Crippen MR) is 102 cm³/mol. The van der Waals surface area contributed by atoms with Crippen LogP contribution in [0.15, 0.2) is 35.1 Å². The van der Waals surface area contributed by atoms with E-state index in [0.29, 0.717) is 0 Å². The SMILES string of the molecule is CC(F)(F)C1COCC(COc2ccc(-c3cc(C(N)=O)c(=O)[nH]c3C(F)(F)F)cc2)O1. The number of aromatic amines is 1. The summed E-state index contributed by atoms with van der Waals surface area (Å²) in [5.74, 6) is -4.03. The van der Waals surface area contributed by atoms with Gasteiger partial charge in [-0.15, -0.1) is 0 Å². The first kappa shape index (κ1) is 23.7. The minimum atomic E-state index is -4.89. The molecule has 174 valence electrons. The molecular formula is C20H19F5N2O5. The summed E-state index contributed by atoms with van der Waals surface area (Å²) in [6.07, 6.45) is -7.06. The summed E-state index contributed by atoms with van der Waals surface area (Å²) in [5.41, 5.74) is 1.44. The molecule has 3 N–H and O–H groups in total. The van der Waals surface area contributed by atoms with E-state index in [1.807, 2.05) is 0 Å². The monoisotopic (exact) mass is 462 g/mol. The number of halogens is 5. The average Bonchev–Trinajstić information content (AvgIpc) is 2.71. The molecule has 3 rings (SSSR count). The number of hydrogen-bond donors (Lipinski definition) is 2. The fraction of sp³-hybridized carbons (Fsp3) is 0.400. The quantitative estimate of drug-likeness (QED) is 0.643. The number of rotatable bonds is 6. The molecular weight excluding hydrogens is 443 g/mol. The fourth-order valence-electron chi connectivity index (χ4n) is 3.06. The van der Waals surface area contributed by atoms with Crippen molar-refractivity contribution in [3.63, 3.8) is 0 Å². The second kappa shape index (κ2) is 8.87. The molecule has 2 heterocycles. The number of nitrogens with one attached hydrogen (secondary N) is 1. The van der Waals surface area contributed by atoms with Gasteiger partial charge in [-0.25, -0.2) is 8.78 Å². The van der Waals surface area contributed by atoms with Crippen LogP contribution in [-0.4, -0.2) is 48.8 Å². The fourth-order valence-corrected chi connectivity index (χ4v) is 3.06. The predicted octanol–water partition coefficient (Wildman–Crippen LogP) is 2.98. The highest BCUT2D eigenvalue weighted by Gasteiger charge is 2.40. The minimum Gasteiger partial charge on any atom is -0.491 e. The first-order valence-corrected chi connectivity index (χ1v) is 9.35. The van der Waals surface area contributed by atoms with Crippen LogP contribution in [0.4, 0.5) is 22.0 Å². The molecule has 1 aromatic carbocycles. The Morgan fingerprint density at radius 1 is 1.19 bits per heavy atom. The van der Waals surface area contributed by atoms with Crippen LogP contribution in [0.2, 0.25) is 0 Å². The van der Waals surface area contributed by atoms with Crippen LogP contribution in [0, 0.1) is 0 Å². The van der Waals surface area contributed by atoms with Gasteiger partial charge in [-0.3, -0.25) is 9.59 Å². The van der Waals surface area contributed by atoms with Gasteiger partial charge in [0.05, 0.1) is 13.2 Å². The van der Waals surface area contributed by atoms with Crippen LogP contribution in [0.1, 0.15) is 23.0 Å². The van der Waals surface area contributed by atoms with Crippen LogP contribution in [-0.2, 0) is 15.7 Å². The van der Waals surface area contributed by atoms with Gasteiger partial charge in [0.2, 0.25) is 0 Å². The van der Waals surface area contributed by atoms with E-state index in [0.717, 1.165) is 13.0 Å². The van der Waals surface area contributed by atoms with Gasteiger partial charge in [-0.1, -0.05) is 12.1 Å². The van der Waals surface area contributed by atoms with Crippen molar-refractivity contribution >= 4 is 5.91 Å². The first-order chi connectivity index (χ1) is 14.9. The number of amides is 1. The molecule has 1 saturated heterocycles. The third-order valence-electron chi connectivity index (χ3n) is 4.69. The van der Waals surface area contributed by atoms with Gasteiger partial charge >= 0.3 is 6.18 Å². The number of alkyl halides is 5. The number of nitrogens with two attached hydrogens (primary N) is 1. The summed E-state index contributed by atoms with van der Waals surface area (Å²) in [5, 5.41) is 0. The maximum atomic E-state index is 13.4. The number of carbonyl (C=O) groups is 1. The molecule has 2 aromatic rings. The highest BCUT2D eigenvalue weighted by Crippen LogP contribution is 2.36. The summed E-state index contributed by atoms with van der Waals surface area (Å²) in [6.45, 7) is 0.401. The van der Waals surface area contributed by atoms with E-state index in [1.54, 1.807) is 4.98 Å². The van der Waals surface area contributed by atoms with Gasteiger partial charge in [-0.2, -0.15) is 13.2 Å². The zero-order chi connectivity index (χ0) is 23.7. The molecule has 0 spiro atoms. The smallest absolute Gasteiger partial charge is 0.431 e. The average molecular weight is 462 g/mol. The third-order valence-corrected chi connectivity index (χ3v) is 4.69. The van der Waals surface area contributed by atoms with E-state index < -0.39 is 52.6 Å². The molecule has 2 atom stereocenters. The van der Waals surface area contributed by atoms with Crippen LogP contribution in [0.25, 0.3) is 11.1 Å². The van der Waals surface area contributed by atoms with Crippen molar-refractivity contribution in [1.82, 2.24) is 4.98 Å². The van der Waals surface area contributed by atoms with Gasteiger partial charge in [0.25, 0.3) is 17.4 Å². The Labute approximate surface area is 178 Å². The number of pyridine rings is 1. The van der Waals surface area contributed by atoms with E-state index >= 15 is 0 Å². The number of aromatic nitrogens is 1. The molecule has 0 aliphatic carbocycles. The molecule has 1 aliphatic rings. The molecule has 0 saturated carbocycles. The van der Waals surface area contributed by atoms with Crippen molar-refractivity contribution in [2.24, 2.45) is 5.73 Å². The van der Waals surface area contributed by atoms with Crippen LogP contribution in [0.3, 0.4) is 0 Å². The summed E-state index contributed by atoms with van der Waals surface area (Å²) >= 11 is 0. The molecule has 1 aromatic heterocycles. The normalized spacial score (nSPS) is 19.6. The van der Waals surface area contributed by atoms with Crippen LogP contribution < -0.4 is 16.0 Å². The Bertz CT molecular complexity index is 1030. The van der Waals surface area contributed by atoms with E-state index in [1.165, 1.54) is 24.3 Å². The van der Waals surface area contributed by atoms with Gasteiger partial charge in [0, 0.05) is 12.5 Å². The topological polar surface area (TPSA) is 104 Å². The van der Waals surface area contributed by atoms with Crippen molar-refractivity contribution in [2.75, 3.05) is 19.8 Å². The number of benzene rings is 1. The third kappa shape index (κ3) is 5.43. The number of hydrogen-bond acceptors (Lipinski definition) is 5. The van der Waals surface area contributed by atoms with Gasteiger partial charge in [0.15, 0.2) is 0 Å². The number of ether oxygens (including phenoxy) is 3. The zero-order valence-corrected chi connectivity index (χ0v) is 16.7. The Morgan fingerprint density at radius 3 is 2.41 bits per heavy atom. The lowest BCUT2D eigenvalue weighted by Gasteiger charge is -2.33. The van der Waals surface area contributed by atoms with E-state index in [-0.39, 0.29) is 31.1 Å². The van der Waals surface area contributed by atoms with Crippen LogP contribution in [0.5, 0.6) is 5.75 Å². The second-order valence-corrected chi connectivity index (χ2v) is 7.24. The largest absolute Gasteiger partial charge is 0.491 e. The van der Waals surface area contributed by atoms with Gasteiger partial charge in [0.1, 0.15) is 35.8 Å². The van der Waals surface area contributed by atoms with E-state index in [2.05, 4.69) is 0 Å². The molecule has 0 bridgehead atoms. The van der Waals surface area contributed by atoms with Gasteiger partial charge < -0.3 is 24.9 Å². The van der Waals surface area contributed by atoms with E-state index in [4.69, 9.17) is 19.9 Å². The van der Waals surface area contributed by atoms with Gasteiger partial charge in [-0.05, 0) is 23.8 Å². The lowest BCUT2D eigenvalue weighted by Crippen LogP contribution is -2.47.